The number of thioether (sulfide) groups is 1. The van der Waals surface area contributed by atoms with E-state index in [1.807, 2.05) is 33.7 Å². The van der Waals surface area contributed by atoms with Crippen LogP contribution in [0.2, 0.25) is 0 Å². The predicted molar refractivity (Wildman–Crippen MR) is 116 cm³/mol. The third-order valence-electron chi connectivity index (χ3n) is 5.53. The molecule has 1 aromatic rings. The Kier molecular flexibility index (Phi) is 8.09. The van der Waals surface area contributed by atoms with E-state index in [2.05, 4.69) is 5.32 Å². The number of carbonyl (C=O) groups is 2. The first-order valence-electron chi connectivity index (χ1n) is 10.2. The van der Waals surface area contributed by atoms with E-state index in [1.165, 1.54) is 0 Å². The molecule has 0 radical (unpaired) electrons. The average Bonchev–Trinajstić information content (AvgIpc) is 3.24. The van der Waals surface area contributed by atoms with Gasteiger partial charge in [0.05, 0.1) is 33.9 Å². The Balaban J connectivity index is 1.57. The van der Waals surface area contributed by atoms with Crippen LogP contribution in [-0.2, 0) is 16.1 Å². The molecule has 3 rings (SSSR count). The van der Waals surface area contributed by atoms with Crippen molar-refractivity contribution in [2.75, 3.05) is 59.0 Å². The van der Waals surface area contributed by atoms with Crippen LogP contribution < -0.4 is 19.5 Å². The minimum Gasteiger partial charge on any atom is -0.493 e. The zero-order valence-corrected chi connectivity index (χ0v) is 18.8. The van der Waals surface area contributed by atoms with Gasteiger partial charge in [-0.05, 0) is 37.1 Å². The monoisotopic (exact) mass is 437 g/mol. The van der Waals surface area contributed by atoms with Crippen molar-refractivity contribution < 1.29 is 23.8 Å². The van der Waals surface area contributed by atoms with Crippen LogP contribution in [0.25, 0.3) is 0 Å². The van der Waals surface area contributed by atoms with Gasteiger partial charge in [0.15, 0.2) is 11.5 Å². The first-order valence-corrected chi connectivity index (χ1v) is 11.4. The maximum absolute atomic E-state index is 12.9. The quantitative estimate of drug-likeness (QED) is 0.658. The molecule has 1 aromatic carbocycles. The lowest BCUT2D eigenvalue weighted by Crippen LogP contribution is -2.50. The molecule has 2 saturated heterocycles. The Morgan fingerprint density at radius 1 is 1.07 bits per heavy atom. The van der Waals surface area contributed by atoms with Crippen LogP contribution in [0.4, 0.5) is 0 Å². The van der Waals surface area contributed by atoms with Crippen LogP contribution in [0.3, 0.4) is 0 Å². The van der Waals surface area contributed by atoms with Crippen LogP contribution in [0.5, 0.6) is 17.2 Å². The summed E-state index contributed by atoms with van der Waals surface area (Å²) in [5.41, 5.74) is 0.845. The van der Waals surface area contributed by atoms with E-state index in [4.69, 9.17) is 14.2 Å². The van der Waals surface area contributed by atoms with Crippen LogP contribution in [0.1, 0.15) is 18.4 Å². The lowest BCUT2D eigenvalue weighted by atomic mass is 10.1. The van der Waals surface area contributed by atoms with E-state index in [-0.39, 0.29) is 24.4 Å². The molecule has 0 aliphatic carbocycles. The Hall–Kier alpha value is -2.13. The molecule has 166 valence electrons. The number of methoxy groups -OCH3 is 3. The molecule has 1 unspecified atom stereocenters. The van der Waals surface area contributed by atoms with Crippen molar-refractivity contribution >= 4 is 23.6 Å². The molecule has 2 heterocycles. The standard InChI is InChI=1S/C21H31N3O5S/c1-27-17-11-15(12-18(28-2)20(17)29-3)13-22-19(25)14-24-6-4-5-16(24)21(26)23-7-9-30-10-8-23/h11-12,16H,4-10,13-14H2,1-3H3,(H,22,25). The molecular formula is C21H31N3O5S. The van der Waals surface area contributed by atoms with Crippen molar-refractivity contribution in [3.05, 3.63) is 17.7 Å². The molecule has 0 bridgehead atoms. The molecule has 2 amide bonds. The summed E-state index contributed by atoms with van der Waals surface area (Å²) in [5, 5.41) is 2.94. The van der Waals surface area contributed by atoms with Gasteiger partial charge in [-0.25, -0.2) is 0 Å². The highest BCUT2D eigenvalue weighted by atomic mass is 32.2. The van der Waals surface area contributed by atoms with Gasteiger partial charge >= 0.3 is 0 Å². The summed E-state index contributed by atoms with van der Waals surface area (Å²) in [6.45, 7) is 2.95. The van der Waals surface area contributed by atoms with Gasteiger partial charge in [-0.3, -0.25) is 14.5 Å². The Labute approximate surface area is 182 Å². The van der Waals surface area contributed by atoms with E-state index in [9.17, 15) is 9.59 Å². The lowest BCUT2D eigenvalue weighted by Gasteiger charge is -2.32. The Morgan fingerprint density at radius 3 is 2.33 bits per heavy atom. The summed E-state index contributed by atoms with van der Waals surface area (Å²) in [6.07, 6.45) is 1.77. The van der Waals surface area contributed by atoms with Gasteiger partial charge in [0.2, 0.25) is 17.6 Å². The average molecular weight is 438 g/mol. The molecule has 0 spiro atoms. The largest absolute Gasteiger partial charge is 0.493 e. The number of benzene rings is 1. The van der Waals surface area contributed by atoms with Gasteiger partial charge < -0.3 is 24.4 Å². The molecule has 2 aliphatic rings. The first kappa shape index (κ1) is 22.6. The summed E-state index contributed by atoms with van der Waals surface area (Å²) in [5.74, 6) is 3.67. The number of ether oxygens (including phenoxy) is 3. The molecule has 1 atom stereocenters. The van der Waals surface area contributed by atoms with Crippen molar-refractivity contribution in [2.45, 2.75) is 25.4 Å². The molecule has 0 saturated carbocycles. The van der Waals surface area contributed by atoms with E-state index >= 15 is 0 Å². The topological polar surface area (TPSA) is 80.3 Å². The van der Waals surface area contributed by atoms with E-state index in [0.717, 1.165) is 49.5 Å². The third kappa shape index (κ3) is 5.31. The zero-order valence-electron chi connectivity index (χ0n) is 17.9. The fourth-order valence-electron chi connectivity index (χ4n) is 3.97. The maximum atomic E-state index is 12.9. The number of nitrogens with one attached hydrogen (secondary N) is 1. The Morgan fingerprint density at radius 2 is 1.73 bits per heavy atom. The smallest absolute Gasteiger partial charge is 0.239 e. The van der Waals surface area contributed by atoms with Crippen molar-refractivity contribution in [1.82, 2.24) is 15.1 Å². The highest BCUT2D eigenvalue weighted by Crippen LogP contribution is 2.38. The van der Waals surface area contributed by atoms with Crippen LogP contribution in [-0.4, -0.2) is 86.7 Å². The predicted octanol–water partition coefficient (Wildman–Crippen LogP) is 1.37. The summed E-state index contributed by atoms with van der Waals surface area (Å²) in [4.78, 5) is 29.4. The minimum absolute atomic E-state index is 0.0994. The molecular weight excluding hydrogens is 406 g/mol. The second-order valence-corrected chi connectivity index (χ2v) is 8.60. The fraction of sp³-hybridized carbons (Fsp3) is 0.619. The number of hydrogen-bond donors (Lipinski definition) is 1. The number of rotatable bonds is 8. The van der Waals surface area contributed by atoms with Gasteiger partial charge in [0.1, 0.15) is 0 Å². The number of amides is 2. The maximum Gasteiger partial charge on any atom is 0.239 e. The lowest BCUT2D eigenvalue weighted by molar-refractivity contribution is -0.136. The first-order chi connectivity index (χ1) is 14.6. The minimum atomic E-state index is -0.181. The van der Waals surface area contributed by atoms with Crippen molar-refractivity contribution in [3.63, 3.8) is 0 Å². The number of nitrogens with zero attached hydrogens (tertiary/aromatic N) is 2. The van der Waals surface area contributed by atoms with Gasteiger partial charge in [-0.15, -0.1) is 0 Å². The summed E-state index contributed by atoms with van der Waals surface area (Å²) in [7, 11) is 4.68. The molecule has 2 aliphatic heterocycles. The van der Waals surface area contributed by atoms with Gasteiger partial charge in [0, 0.05) is 31.1 Å². The van der Waals surface area contributed by atoms with Crippen LogP contribution in [0, 0.1) is 0 Å². The molecule has 1 N–H and O–H groups in total. The van der Waals surface area contributed by atoms with E-state index < -0.39 is 0 Å². The molecule has 8 nitrogen and oxygen atoms in total. The second kappa shape index (κ2) is 10.8. The zero-order chi connectivity index (χ0) is 21.5. The van der Waals surface area contributed by atoms with Crippen molar-refractivity contribution in [3.8, 4) is 17.2 Å². The highest BCUT2D eigenvalue weighted by molar-refractivity contribution is 7.99. The summed E-state index contributed by atoms with van der Waals surface area (Å²) < 4.78 is 16.1. The van der Waals surface area contributed by atoms with Crippen LogP contribution in [0.15, 0.2) is 12.1 Å². The van der Waals surface area contributed by atoms with Crippen molar-refractivity contribution in [2.24, 2.45) is 0 Å². The highest BCUT2D eigenvalue weighted by Gasteiger charge is 2.35. The molecule has 0 aromatic heterocycles. The number of hydrogen-bond acceptors (Lipinski definition) is 7. The normalized spacial score (nSPS) is 19.4. The van der Waals surface area contributed by atoms with Crippen LogP contribution >= 0.6 is 11.8 Å². The molecule has 2 fully saturated rings. The van der Waals surface area contributed by atoms with Crippen molar-refractivity contribution in [1.29, 1.82) is 0 Å². The number of carbonyl (C=O) groups excluding carboxylic acids is 2. The van der Waals surface area contributed by atoms with Gasteiger partial charge in [0.25, 0.3) is 0 Å². The van der Waals surface area contributed by atoms with Gasteiger partial charge in [-0.2, -0.15) is 11.8 Å². The second-order valence-electron chi connectivity index (χ2n) is 7.38. The fourth-order valence-corrected chi connectivity index (χ4v) is 4.87. The van der Waals surface area contributed by atoms with Gasteiger partial charge in [-0.1, -0.05) is 0 Å². The van der Waals surface area contributed by atoms with E-state index in [1.54, 1.807) is 21.3 Å². The molecule has 30 heavy (non-hydrogen) atoms. The van der Waals surface area contributed by atoms with E-state index in [0.29, 0.717) is 23.8 Å². The SMILES string of the molecule is COc1cc(CNC(=O)CN2CCCC2C(=O)N2CCSCC2)cc(OC)c1OC. The Bertz CT molecular complexity index is 729. The summed E-state index contributed by atoms with van der Waals surface area (Å²) in [6, 6.07) is 3.45. The summed E-state index contributed by atoms with van der Waals surface area (Å²) >= 11 is 1.88. The number of likely N-dealkylation sites (tertiary alicyclic amines) is 1. The molecule has 9 heteroatoms. The third-order valence-corrected chi connectivity index (χ3v) is 6.47.